The van der Waals surface area contributed by atoms with Crippen LogP contribution in [0.25, 0.3) is 44.6 Å². The Kier molecular flexibility index (Phi) is 18.4. The molecule has 0 aliphatic rings. The number of benzene rings is 4. The van der Waals surface area contributed by atoms with Crippen molar-refractivity contribution in [3.05, 3.63) is 183 Å². The third-order valence-corrected chi connectivity index (χ3v) is 13.5. The zero-order chi connectivity index (χ0) is 57.0. The quantitative estimate of drug-likeness (QED) is 0.0636. The third kappa shape index (κ3) is 13.5. The van der Waals surface area contributed by atoms with Crippen molar-refractivity contribution in [3.8, 4) is 34.1 Å². The fourth-order valence-corrected chi connectivity index (χ4v) is 8.92. The maximum atomic E-state index is 14.1. The van der Waals surface area contributed by atoms with Crippen LogP contribution in [-0.2, 0) is 47.3 Å². The molecule has 0 bridgehead atoms. The lowest BCUT2D eigenvalue weighted by atomic mass is 10.1. The second-order valence-corrected chi connectivity index (χ2v) is 18.8. The minimum absolute atomic E-state index is 0.00210. The number of carbonyl (C=O) groups is 2. The van der Waals surface area contributed by atoms with Gasteiger partial charge in [0, 0.05) is 103 Å². The predicted octanol–water partition coefficient (Wildman–Crippen LogP) is 4.18. The molecule has 0 saturated carbocycles. The summed E-state index contributed by atoms with van der Waals surface area (Å²) in [6.45, 7) is 4.96. The van der Waals surface area contributed by atoms with Crippen LogP contribution in [-0.4, -0.2) is 118 Å². The smallest absolute Gasteiger partial charge is 0.417 e. The van der Waals surface area contributed by atoms with Gasteiger partial charge in [-0.15, -0.1) is 0 Å². The number of hydrogen-bond donors (Lipinski definition) is 2. The first-order chi connectivity index (χ1) is 38.5. The molecular weight excluding hydrogens is 1030 g/mol. The number of likely N-dealkylation sites (N-methyl/N-ethyl adjacent to an activating group) is 2. The lowest BCUT2D eigenvalue weighted by Crippen LogP contribution is -2.44. The summed E-state index contributed by atoms with van der Waals surface area (Å²) >= 11 is 0. The van der Waals surface area contributed by atoms with E-state index in [9.17, 15) is 38.4 Å². The molecule has 0 fully saturated rings. The van der Waals surface area contributed by atoms with Crippen molar-refractivity contribution in [1.82, 2.24) is 28.1 Å². The summed E-state index contributed by atoms with van der Waals surface area (Å²) in [5, 5.41) is 6.52. The maximum Gasteiger partial charge on any atom is 0.417 e. The monoisotopic (exact) mass is 1090 g/mol. The summed E-state index contributed by atoms with van der Waals surface area (Å²) in [5.74, 6) is -1.17. The topological polar surface area (TPSA) is 250 Å². The van der Waals surface area contributed by atoms with E-state index in [1.165, 1.54) is 61.6 Å². The van der Waals surface area contributed by atoms with Gasteiger partial charge in [-0.3, -0.25) is 47.2 Å². The van der Waals surface area contributed by atoms with Crippen LogP contribution in [0.4, 0.5) is 11.6 Å². The molecule has 4 aromatic heterocycles. The van der Waals surface area contributed by atoms with Crippen LogP contribution in [0.3, 0.4) is 0 Å². The van der Waals surface area contributed by atoms with Gasteiger partial charge in [-0.1, -0.05) is 86.6 Å². The summed E-state index contributed by atoms with van der Waals surface area (Å²) in [7, 11) is 5.83. The van der Waals surface area contributed by atoms with Crippen molar-refractivity contribution >= 4 is 45.5 Å². The first kappa shape index (κ1) is 56.9. The van der Waals surface area contributed by atoms with Gasteiger partial charge in [0.1, 0.15) is 82.0 Å². The number of aromatic nitrogens is 4. The summed E-state index contributed by atoms with van der Waals surface area (Å²) in [6, 6.07) is 33.3. The lowest BCUT2D eigenvalue weighted by Gasteiger charge is -2.28. The molecule has 0 amide bonds. The Morgan fingerprint density at radius 3 is 1.27 bits per heavy atom. The van der Waals surface area contributed by atoms with E-state index in [1.54, 1.807) is 36.4 Å². The average molecular weight is 1100 g/mol. The van der Waals surface area contributed by atoms with Crippen LogP contribution in [0.2, 0.25) is 0 Å². The number of nitrogens with one attached hydrogen (secondary N) is 2. The number of esters is 2. The van der Waals surface area contributed by atoms with Gasteiger partial charge >= 0.3 is 23.3 Å². The molecule has 0 spiro atoms. The zero-order valence-corrected chi connectivity index (χ0v) is 45.2. The molecule has 8 rings (SSSR count). The minimum atomic E-state index is -1.37. The fourth-order valence-electron chi connectivity index (χ4n) is 8.92. The Hall–Kier alpha value is -9.28. The molecule has 418 valence electrons. The van der Waals surface area contributed by atoms with Gasteiger partial charge in [0.25, 0.3) is 11.1 Å². The molecule has 80 heavy (non-hydrogen) atoms. The van der Waals surface area contributed by atoms with E-state index in [-0.39, 0.29) is 83.7 Å². The number of nitrogens with zero attached hydrogens (tertiary/aromatic N) is 6. The standard InChI is InChI=1S/C58H62N8O14/c1-7-65(27-25-59-49-31-51(69)63(5)57(73)61(49)3)33-39(35-75-43-21-15-23-45-53(43)41(67)29-47(79-45)37-17-11-9-12-18-37)77-55(71)56(72)78-40(34-66(8-2)28-26-60-50-32-52(70)64(6)58(74)62(50)4)36-76-44-22-16-24-46-54(44)42(68)30-48(80-46)38-19-13-10-14-20-38/h9-24,29-32,39-40,59-60H,7-8,25-28,33-36H2,1-6H3. The largest absolute Gasteiger partial charge is 0.489 e. The molecule has 2 N–H and O–H groups in total. The number of rotatable bonds is 24. The van der Waals surface area contributed by atoms with Gasteiger partial charge in [0.15, 0.2) is 10.9 Å². The first-order valence-corrected chi connectivity index (χ1v) is 25.9. The Morgan fingerprint density at radius 2 is 0.900 bits per heavy atom. The Bertz CT molecular complexity index is 3630. The van der Waals surface area contributed by atoms with Crippen molar-refractivity contribution in [3.63, 3.8) is 0 Å². The van der Waals surface area contributed by atoms with Gasteiger partial charge in [0.2, 0.25) is 0 Å². The van der Waals surface area contributed by atoms with Crippen LogP contribution in [0.5, 0.6) is 11.5 Å². The average Bonchev–Trinajstić information content (AvgIpc) is 3.53. The van der Waals surface area contributed by atoms with Gasteiger partial charge < -0.3 is 38.4 Å². The van der Waals surface area contributed by atoms with Crippen molar-refractivity contribution in [2.75, 3.05) is 76.2 Å². The van der Waals surface area contributed by atoms with E-state index in [0.29, 0.717) is 60.5 Å². The van der Waals surface area contributed by atoms with E-state index in [4.69, 9.17) is 27.8 Å². The second kappa shape index (κ2) is 25.9. The van der Waals surface area contributed by atoms with Crippen molar-refractivity contribution < 1.29 is 37.4 Å². The SMILES string of the molecule is CCN(CCNc1cc(=O)n(C)c(=O)n1C)CC(COc1cccc2oc(-c3ccccc3)cc(=O)c12)OC(=O)C(=O)OC(COc1cccc2oc(-c3ccccc3)cc(=O)c12)CN(CC)CCNc1cc(=O)n(C)c(=O)n1C. The summed E-state index contributed by atoms with van der Waals surface area (Å²) in [5.41, 5.74) is -0.879. The maximum absolute atomic E-state index is 14.1. The lowest BCUT2D eigenvalue weighted by molar-refractivity contribution is -0.176. The van der Waals surface area contributed by atoms with Gasteiger partial charge in [0.05, 0.1) is 0 Å². The number of fused-ring (bicyclic) bond motifs is 2. The van der Waals surface area contributed by atoms with Crippen LogP contribution < -0.4 is 53.5 Å². The zero-order valence-electron chi connectivity index (χ0n) is 45.2. The van der Waals surface area contributed by atoms with E-state index < -0.39 is 46.6 Å². The number of ether oxygens (including phenoxy) is 4. The summed E-state index contributed by atoms with van der Waals surface area (Å²) in [4.78, 5) is 110. The highest BCUT2D eigenvalue weighted by Gasteiger charge is 2.30. The molecule has 0 aliphatic heterocycles. The normalized spacial score (nSPS) is 12.2. The Labute approximate surface area is 457 Å². The fraction of sp³-hybridized carbons (Fsp3) is 0.310. The molecule has 0 aliphatic carbocycles. The van der Waals surface area contributed by atoms with Crippen molar-refractivity contribution in [2.45, 2.75) is 26.1 Å². The Balaban J connectivity index is 1.03. The highest BCUT2D eigenvalue weighted by atomic mass is 16.6. The molecule has 22 heteroatoms. The van der Waals surface area contributed by atoms with E-state index >= 15 is 0 Å². The number of anilines is 2. The molecular formula is C58H62N8O14. The molecule has 4 aromatic carbocycles. The van der Waals surface area contributed by atoms with Crippen LogP contribution in [0, 0.1) is 0 Å². The van der Waals surface area contributed by atoms with Crippen molar-refractivity contribution in [2.24, 2.45) is 28.2 Å². The summed E-state index contributed by atoms with van der Waals surface area (Å²) in [6.07, 6.45) is -2.33. The predicted molar refractivity (Wildman–Crippen MR) is 302 cm³/mol. The number of hydrogen-bond acceptors (Lipinski definition) is 18. The highest BCUT2D eigenvalue weighted by molar-refractivity contribution is 6.29. The molecule has 8 aromatic rings. The molecule has 0 radical (unpaired) electrons. The third-order valence-electron chi connectivity index (χ3n) is 13.5. The molecule has 4 heterocycles. The van der Waals surface area contributed by atoms with Crippen LogP contribution >= 0.6 is 0 Å². The van der Waals surface area contributed by atoms with E-state index in [1.807, 2.05) is 84.3 Å². The van der Waals surface area contributed by atoms with Crippen LogP contribution in [0.15, 0.2) is 159 Å². The van der Waals surface area contributed by atoms with Crippen LogP contribution in [0.1, 0.15) is 13.8 Å². The first-order valence-electron chi connectivity index (χ1n) is 25.9. The second-order valence-electron chi connectivity index (χ2n) is 18.8. The molecule has 2 atom stereocenters. The highest BCUT2D eigenvalue weighted by Crippen LogP contribution is 2.29. The minimum Gasteiger partial charge on any atom is -0.489 e. The van der Waals surface area contributed by atoms with Crippen molar-refractivity contribution in [1.29, 1.82) is 0 Å². The molecule has 22 nitrogen and oxygen atoms in total. The number of carbonyl (C=O) groups excluding carboxylic acids is 2. The van der Waals surface area contributed by atoms with Gasteiger partial charge in [-0.05, 0) is 37.4 Å². The van der Waals surface area contributed by atoms with Gasteiger partial charge in [-0.25, -0.2) is 19.2 Å². The summed E-state index contributed by atoms with van der Waals surface area (Å²) < 4.78 is 41.2. The Morgan fingerprint density at radius 1 is 0.512 bits per heavy atom. The van der Waals surface area contributed by atoms with E-state index in [2.05, 4.69) is 10.6 Å². The molecule has 0 saturated heterocycles. The van der Waals surface area contributed by atoms with Gasteiger partial charge in [-0.2, -0.15) is 0 Å². The van der Waals surface area contributed by atoms with E-state index in [0.717, 1.165) is 9.13 Å². The molecule has 2 unspecified atom stereocenters.